The van der Waals surface area contributed by atoms with Gasteiger partial charge in [-0.05, 0) is 18.1 Å². The number of ether oxygens (including phenoxy) is 1. The summed E-state index contributed by atoms with van der Waals surface area (Å²) in [6.45, 7) is 1.21. The average Bonchev–Trinajstić information content (AvgIpc) is 2.99. The fourth-order valence-corrected chi connectivity index (χ4v) is 4.75. The van der Waals surface area contributed by atoms with Gasteiger partial charge >= 0.3 is 0 Å². The highest BCUT2D eigenvalue weighted by atomic mass is 16.5. The molecule has 2 aromatic carbocycles. The standard InChI is InChI=1S/C26H26N4O3/c31-24-10-11-26(12-15-30(24)18-19-6-2-1-3-7-19)16-21(20-8-4-5-9-23(20)33-26)29-25(32)22-17-27-13-14-28-22/h1-9,13-14,17,21H,10-12,15-16,18H2,(H,29,32)/t21-,26-/m1/s1. The van der Waals surface area contributed by atoms with Gasteiger partial charge in [-0.1, -0.05) is 48.5 Å². The molecular weight excluding hydrogens is 416 g/mol. The zero-order valence-electron chi connectivity index (χ0n) is 18.3. The third kappa shape index (κ3) is 4.58. The maximum absolute atomic E-state index is 12.9. The van der Waals surface area contributed by atoms with Crippen molar-refractivity contribution in [2.75, 3.05) is 6.54 Å². The first-order valence-electron chi connectivity index (χ1n) is 11.3. The van der Waals surface area contributed by atoms with Crippen molar-refractivity contribution in [1.29, 1.82) is 0 Å². The largest absolute Gasteiger partial charge is 0.487 e. The average molecular weight is 443 g/mol. The predicted molar refractivity (Wildman–Crippen MR) is 122 cm³/mol. The van der Waals surface area contributed by atoms with E-state index < -0.39 is 5.60 Å². The van der Waals surface area contributed by atoms with E-state index in [9.17, 15) is 9.59 Å². The fourth-order valence-electron chi connectivity index (χ4n) is 4.75. The number of nitrogens with one attached hydrogen (secondary N) is 1. The van der Waals surface area contributed by atoms with Crippen molar-refractivity contribution < 1.29 is 14.3 Å². The van der Waals surface area contributed by atoms with E-state index in [1.165, 1.54) is 12.4 Å². The minimum absolute atomic E-state index is 0.137. The zero-order chi connectivity index (χ0) is 22.7. The second-order valence-corrected chi connectivity index (χ2v) is 8.69. The van der Waals surface area contributed by atoms with Crippen molar-refractivity contribution in [2.45, 2.75) is 43.9 Å². The third-order valence-corrected chi connectivity index (χ3v) is 6.50. The number of benzene rings is 2. The molecule has 0 unspecified atom stereocenters. The molecule has 1 aromatic heterocycles. The Morgan fingerprint density at radius 3 is 2.73 bits per heavy atom. The molecule has 7 nitrogen and oxygen atoms in total. The van der Waals surface area contributed by atoms with Gasteiger partial charge in [0.2, 0.25) is 5.91 Å². The molecule has 168 valence electrons. The molecule has 0 saturated carbocycles. The van der Waals surface area contributed by atoms with E-state index in [2.05, 4.69) is 15.3 Å². The number of hydrogen-bond acceptors (Lipinski definition) is 5. The zero-order valence-corrected chi connectivity index (χ0v) is 18.3. The van der Waals surface area contributed by atoms with Crippen LogP contribution in [0.3, 0.4) is 0 Å². The number of carbonyl (C=O) groups excluding carboxylic acids is 2. The molecule has 1 saturated heterocycles. The Hall–Kier alpha value is -3.74. The topological polar surface area (TPSA) is 84.4 Å². The molecule has 1 N–H and O–H groups in total. The lowest BCUT2D eigenvalue weighted by Crippen LogP contribution is -2.46. The number of para-hydroxylation sites is 1. The highest BCUT2D eigenvalue weighted by Crippen LogP contribution is 2.44. The van der Waals surface area contributed by atoms with E-state index in [0.29, 0.717) is 38.8 Å². The first-order chi connectivity index (χ1) is 16.1. The van der Waals surface area contributed by atoms with Gasteiger partial charge in [0.1, 0.15) is 17.0 Å². The van der Waals surface area contributed by atoms with Gasteiger partial charge in [-0.2, -0.15) is 0 Å². The smallest absolute Gasteiger partial charge is 0.271 e. The van der Waals surface area contributed by atoms with E-state index in [1.54, 1.807) is 6.20 Å². The molecule has 1 fully saturated rings. The van der Waals surface area contributed by atoms with Crippen LogP contribution in [0.15, 0.2) is 73.2 Å². The van der Waals surface area contributed by atoms with Gasteiger partial charge < -0.3 is 15.0 Å². The number of aromatic nitrogens is 2. The SMILES string of the molecule is O=C(N[C@@H]1C[C@]2(CCC(=O)N(Cc3ccccc3)CC2)Oc2ccccc21)c1cnccn1. The lowest BCUT2D eigenvalue weighted by Gasteiger charge is -2.42. The number of likely N-dealkylation sites (tertiary alicyclic amines) is 1. The molecule has 2 amide bonds. The second kappa shape index (κ2) is 9.02. The summed E-state index contributed by atoms with van der Waals surface area (Å²) in [5, 5.41) is 3.13. The summed E-state index contributed by atoms with van der Waals surface area (Å²) in [7, 11) is 0. The molecule has 3 aromatic rings. The molecule has 0 bridgehead atoms. The Kier molecular flexibility index (Phi) is 5.77. The number of nitrogens with zero attached hydrogens (tertiary/aromatic N) is 3. The molecule has 33 heavy (non-hydrogen) atoms. The van der Waals surface area contributed by atoms with Gasteiger partial charge in [-0.15, -0.1) is 0 Å². The number of amides is 2. The fraction of sp³-hybridized carbons (Fsp3) is 0.308. The van der Waals surface area contributed by atoms with Crippen LogP contribution in [0.2, 0.25) is 0 Å². The van der Waals surface area contributed by atoms with Crippen LogP contribution < -0.4 is 10.1 Å². The van der Waals surface area contributed by atoms with Gasteiger partial charge in [0, 0.05) is 50.3 Å². The summed E-state index contributed by atoms with van der Waals surface area (Å²) in [6, 6.07) is 17.6. The molecular formula is C26H26N4O3. The molecule has 2 aliphatic heterocycles. The second-order valence-electron chi connectivity index (χ2n) is 8.69. The van der Waals surface area contributed by atoms with Gasteiger partial charge in [-0.25, -0.2) is 4.98 Å². The van der Waals surface area contributed by atoms with Crippen molar-refractivity contribution in [2.24, 2.45) is 0 Å². The van der Waals surface area contributed by atoms with E-state index in [0.717, 1.165) is 16.9 Å². The van der Waals surface area contributed by atoms with E-state index in [4.69, 9.17) is 4.74 Å². The van der Waals surface area contributed by atoms with E-state index in [1.807, 2.05) is 59.5 Å². The van der Waals surface area contributed by atoms with Crippen LogP contribution in [0.1, 0.15) is 53.3 Å². The van der Waals surface area contributed by atoms with Crippen molar-refractivity contribution in [3.05, 3.63) is 90.0 Å². The van der Waals surface area contributed by atoms with Crippen LogP contribution in [0.5, 0.6) is 5.75 Å². The number of rotatable bonds is 4. The van der Waals surface area contributed by atoms with Gasteiger partial charge in [0.15, 0.2) is 0 Å². The van der Waals surface area contributed by atoms with Gasteiger partial charge in [-0.3, -0.25) is 14.6 Å². The molecule has 1 spiro atoms. The first kappa shape index (κ1) is 21.1. The summed E-state index contributed by atoms with van der Waals surface area (Å²) in [6.07, 6.45) is 6.84. The van der Waals surface area contributed by atoms with E-state index in [-0.39, 0.29) is 23.6 Å². The summed E-state index contributed by atoms with van der Waals surface area (Å²) >= 11 is 0. The Morgan fingerprint density at radius 1 is 1.09 bits per heavy atom. The van der Waals surface area contributed by atoms with Crippen LogP contribution in [-0.4, -0.2) is 38.8 Å². The molecule has 0 aliphatic carbocycles. The maximum Gasteiger partial charge on any atom is 0.271 e. The van der Waals surface area contributed by atoms with Crippen LogP contribution in [0.4, 0.5) is 0 Å². The first-order valence-corrected chi connectivity index (χ1v) is 11.3. The number of hydrogen-bond donors (Lipinski definition) is 1. The van der Waals surface area contributed by atoms with Crippen LogP contribution >= 0.6 is 0 Å². The summed E-state index contributed by atoms with van der Waals surface area (Å²) in [4.78, 5) is 35.8. The number of carbonyl (C=O) groups is 2. The van der Waals surface area contributed by atoms with E-state index >= 15 is 0 Å². The minimum Gasteiger partial charge on any atom is -0.487 e. The lowest BCUT2D eigenvalue weighted by molar-refractivity contribution is -0.131. The Bertz CT molecular complexity index is 1140. The predicted octanol–water partition coefficient (Wildman–Crippen LogP) is 3.68. The van der Waals surface area contributed by atoms with Crippen molar-refractivity contribution in [3.8, 4) is 5.75 Å². The molecule has 2 atom stereocenters. The molecule has 0 radical (unpaired) electrons. The third-order valence-electron chi connectivity index (χ3n) is 6.50. The van der Waals surface area contributed by atoms with Crippen molar-refractivity contribution >= 4 is 11.8 Å². The van der Waals surface area contributed by atoms with Crippen LogP contribution in [0.25, 0.3) is 0 Å². The Balaban J connectivity index is 1.37. The van der Waals surface area contributed by atoms with Crippen LogP contribution in [-0.2, 0) is 11.3 Å². The van der Waals surface area contributed by atoms with Crippen molar-refractivity contribution in [1.82, 2.24) is 20.2 Å². The monoisotopic (exact) mass is 442 g/mol. The Morgan fingerprint density at radius 2 is 1.91 bits per heavy atom. The normalized spacial score (nSPS) is 22.2. The highest BCUT2D eigenvalue weighted by Gasteiger charge is 2.43. The quantitative estimate of drug-likeness (QED) is 0.666. The minimum atomic E-state index is -0.518. The maximum atomic E-state index is 12.9. The van der Waals surface area contributed by atoms with Crippen molar-refractivity contribution in [3.63, 3.8) is 0 Å². The molecule has 7 heteroatoms. The lowest BCUT2D eigenvalue weighted by atomic mass is 9.82. The highest BCUT2D eigenvalue weighted by molar-refractivity contribution is 5.92. The molecule has 3 heterocycles. The van der Waals surface area contributed by atoms with Gasteiger partial charge in [0.05, 0.1) is 12.2 Å². The molecule has 5 rings (SSSR count). The van der Waals surface area contributed by atoms with Crippen LogP contribution in [0, 0.1) is 0 Å². The summed E-state index contributed by atoms with van der Waals surface area (Å²) < 4.78 is 6.55. The summed E-state index contributed by atoms with van der Waals surface area (Å²) in [5.74, 6) is 0.630. The summed E-state index contributed by atoms with van der Waals surface area (Å²) in [5.41, 5.74) is 1.82. The Labute approximate surface area is 192 Å². The van der Waals surface area contributed by atoms with Gasteiger partial charge in [0.25, 0.3) is 5.91 Å². The number of fused-ring (bicyclic) bond motifs is 1. The molecule has 2 aliphatic rings.